The standard InChI is InChI=1S/C42H45BrF2IN6O11P/c1-23-17-27(11-14-30(23)43)39(57)51-32(18-24-8-12-28(13-9-24)42(44,45)64(60,61)62)41(59)50-31(7-4-16-48-38(56)26-5-3-6-29(46)21-26)40(58)52-33(37(47)55)22-49-36(54)20-25-10-15-34(53)35(19-25)63-2/h3,5-6,8-15,17,19,21,31-33,53H,4,7,16,18,20,22H2,1-2H3,(H2,47,55)(H,48,56)(H,49,54)(H,50,59)(H,51,57)(H,52,58)(H2,60,61,62)/p-2/t31-,32-,33+/m0/s1. The number of phenols is 1. The average Bonchev–Trinajstić information content (AvgIpc) is 3.24. The smallest absolute Gasteiger partial charge is 0.296 e. The van der Waals surface area contributed by atoms with Gasteiger partial charge in [-0.1, -0.05) is 52.3 Å². The number of carbonyl (C=O) groups excluding carboxylic acids is 6. The van der Waals surface area contributed by atoms with Crippen LogP contribution in [0.2, 0.25) is 0 Å². The molecule has 0 spiro atoms. The normalized spacial score (nSPS) is 12.8. The first-order valence-corrected chi connectivity index (χ1v) is 22.6. The minimum Gasteiger partial charge on any atom is -0.806 e. The molecule has 22 heteroatoms. The number of hydrogen-bond donors (Lipinski definition) is 7. The van der Waals surface area contributed by atoms with Gasteiger partial charge in [-0.15, -0.1) is 0 Å². The van der Waals surface area contributed by atoms with Crippen molar-refractivity contribution in [3.63, 3.8) is 0 Å². The van der Waals surface area contributed by atoms with Gasteiger partial charge in [-0.05, 0) is 108 Å². The van der Waals surface area contributed by atoms with Crippen LogP contribution in [0.4, 0.5) is 8.78 Å². The molecule has 0 heterocycles. The molecule has 0 fully saturated rings. The van der Waals surface area contributed by atoms with Gasteiger partial charge in [-0.25, -0.2) is 0 Å². The molecule has 0 radical (unpaired) electrons. The summed E-state index contributed by atoms with van der Waals surface area (Å²) in [5.41, 5.74) is 1.50. The molecule has 4 aromatic rings. The van der Waals surface area contributed by atoms with Gasteiger partial charge in [0.15, 0.2) is 11.5 Å². The van der Waals surface area contributed by atoms with Crippen LogP contribution in [0, 0.1) is 10.5 Å². The maximum atomic E-state index is 14.3. The first kappa shape index (κ1) is 51.2. The minimum absolute atomic E-state index is 0.0149. The summed E-state index contributed by atoms with van der Waals surface area (Å²) in [5, 5.41) is 22.7. The van der Waals surface area contributed by atoms with Crippen LogP contribution in [0.3, 0.4) is 0 Å². The van der Waals surface area contributed by atoms with Crippen LogP contribution >= 0.6 is 46.1 Å². The lowest BCUT2D eigenvalue weighted by molar-refractivity contribution is -0.335. The van der Waals surface area contributed by atoms with Gasteiger partial charge >= 0.3 is 0 Å². The first-order valence-electron chi connectivity index (χ1n) is 19.2. The number of carbonyl (C=O) groups is 6. The van der Waals surface area contributed by atoms with Gasteiger partial charge in [0.25, 0.3) is 17.5 Å². The van der Waals surface area contributed by atoms with Crippen LogP contribution in [0.25, 0.3) is 0 Å². The average molecular weight is 1080 g/mol. The van der Waals surface area contributed by atoms with Gasteiger partial charge in [-0.2, -0.15) is 8.78 Å². The number of benzene rings is 4. The van der Waals surface area contributed by atoms with Crippen molar-refractivity contribution in [2.24, 2.45) is 5.73 Å². The molecule has 17 nitrogen and oxygen atoms in total. The van der Waals surface area contributed by atoms with Crippen molar-refractivity contribution in [1.29, 1.82) is 0 Å². The molecule has 0 aliphatic rings. The third-order valence-corrected chi connectivity index (χ3v) is 12.1. The highest BCUT2D eigenvalue weighted by Gasteiger charge is 2.36. The van der Waals surface area contributed by atoms with Gasteiger partial charge in [0, 0.05) is 51.8 Å². The number of alkyl halides is 2. The fourth-order valence-electron chi connectivity index (χ4n) is 6.04. The van der Waals surface area contributed by atoms with Crippen LogP contribution in [-0.4, -0.2) is 78.9 Å². The fraction of sp³-hybridized carbons (Fsp3) is 0.286. The summed E-state index contributed by atoms with van der Waals surface area (Å²) in [6.07, 6.45) is -0.686. The Balaban J connectivity index is 1.58. The van der Waals surface area contributed by atoms with Crippen LogP contribution in [0.15, 0.2) is 89.4 Å². The molecule has 0 aliphatic heterocycles. The van der Waals surface area contributed by atoms with Crippen molar-refractivity contribution in [2.75, 3.05) is 20.2 Å². The summed E-state index contributed by atoms with van der Waals surface area (Å²) >= 11 is 5.40. The van der Waals surface area contributed by atoms with Crippen molar-refractivity contribution in [1.82, 2.24) is 26.6 Å². The predicted molar refractivity (Wildman–Crippen MR) is 237 cm³/mol. The van der Waals surface area contributed by atoms with Crippen molar-refractivity contribution >= 4 is 81.6 Å². The molecule has 342 valence electrons. The topological polar surface area (TPSA) is 281 Å². The second-order valence-corrected chi connectivity index (χ2v) is 18.0. The molecule has 4 rings (SSSR count). The van der Waals surface area contributed by atoms with Gasteiger partial charge in [0.1, 0.15) is 18.1 Å². The number of phenolic OH excluding ortho intramolecular Hbond substituents is 1. The number of aryl methyl sites for hydroxylation is 1. The molecule has 0 saturated carbocycles. The molecule has 4 aromatic carbocycles. The number of ether oxygens (including phenoxy) is 1. The summed E-state index contributed by atoms with van der Waals surface area (Å²) in [7, 11) is -5.06. The Bertz CT molecular complexity index is 2430. The van der Waals surface area contributed by atoms with E-state index in [1.54, 1.807) is 37.3 Å². The highest BCUT2D eigenvalue weighted by atomic mass is 127. The monoisotopic (exact) mass is 1080 g/mol. The number of nitrogens with one attached hydrogen (secondary N) is 5. The Morgan fingerprint density at radius 3 is 2.11 bits per heavy atom. The van der Waals surface area contributed by atoms with E-state index < -0.39 is 85.4 Å². The van der Waals surface area contributed by atoms with E-state index in [4.69, 9.17) is 10.5 Å². The predicted octanol–water partition coefficient (Wildman–Crippen LogP) is 2.40. The van der Waals surface area contributed by atoms with Crippen LogP contribution in [0.5, 0.6) is 11.5 Å². The minimum atomic E-state index is -6.40. The fourth-order valence-corrected chi connectivity index (χ4v) is 7.30. The van der Waals surface area contributed by atoms with Crippen LogP contribution in [0.1, 0.15) is 55.8 Å². The molecule has 0 unspecified atom stereocenters. The van der Waals surface area contributed by atoms with E-state index in [1.165, 1.54) is 37.4 Å². The lowest BCUT2D eigenvalue weighted by atomic mass is 10.0. The number of amides is 6. The maximum absolute atomic E-state index is 14.3. The summed E-state index contributed by atoms with van der Waals surface area (Å²) in [6.45, 7) is 1.26. The second kappa shape index (κ2) is 22.9. The number of rotatable bonds is 21. The van der Waals surface area contributed by atoms with Crippen molar-refractivity contribution in [3.05, 3.63) is 126 Å². The lowest BCUT2D eigenvalue weighted by Gasteiger charge is -2.37. The highest BCUT2D eigenvalue weighted by Crippen LogP contribution is 2.53. The van der Waals surface area contributed by atoms with E-state index in [2.05, 4.69) is 42.5 Å². The molecular weight excluding hydrogens is 1040 g/mol. The molecule has 64 heavy (non-hydrogen) atoms. The molecule has 3 atom stereocenters. The summed E-state index contributed by atoms with van der Waals surface area (Å²) < 4.78 is 46.4. The molecule has 8 N–H and O–H groups in total. The summed E-state index contributed by atoms with van der Waals surface area (Å²) in [6, 6.07) is 14.6. The Morgan fingerprint density at radius 2 is 1.48 bits per heavy atom. The number of primary amides is 1. The van der Waals surface area contributed by atoms with E-state index in [0.29, 0.717) is 33.3 Å². The summed E-state index contributed by atoms with van der Waals surface area (Å²) in [4.78, 5) is 102. The molecule has 0 aliphatic carbocycles. The highest BCUT2D eigenvalue weighted by molar-refractivity contribution is 14.1. The quantitative estimate of drug-likeness (QED) is 0.0362. The zero-order valence-corrected chi connectivity index (χ0v) is 38.8. The van der Waals surface area contributed by atoms with E-state index in [-0.39, 0.29) is 48.4 Å². The number of nitrogens with two attached hydrogens (primary N) is 1. The number of methoxy groups -OCH3 is 1. The van der Waals surface area contributed by atoms with Crippen LogP contribution < -0.4 is 46.8 Å². The third kappa shape index (κ3) is 14.5. The molecule has 6 amide bonds. The second-order valence-electron chi connectivity index (χ2n) is 14.4. The van der Waals surface area contributed by atoms with E-state index >= 15 is 0 Å². The largest absolute Gasteiger partial charge is 0.806 e. The van der Waals surface area contributed by atoms with Crippen molar-refractivity contribution in [3.8, 4) is 11.5 Å². The molecular formula is C42H43BrF2IN6O11P-2. The van der Waals surface area contributed by atoms with Gasteiger partial charge < -0.3 is 56.5 Å². The maximum Gasteiger partial charge on any atom is 0.296 e. The number of aromatic hydroxyl groups is 1. The van der Waals surface area contributed by atoms with E-state index in [1.807, 2.05) is 22.6 Å². The van der Waals surface area contributed by atoms with E-state index in [9.17, 15) is 57.0 Å². The first-order chi connectivity index (χ1) is 30.1. The lowest BCUT2D eigenvalue weighted by Crippen LogP contribution is -2.58. The number of hydrogen-bond acceptors (Lipinski definition) is 11. The Kier molecular flexibility index (Phi) is 18.3. The SMILES string of the molecule is COc1cc(CC(=O)NC[C@@H](NC(=O)[C@H](CCCNC(=O)c2cccc(I)c2)NC(=O)[C@H](Cc2ccc(C(F)(F)P(=O)([O-])[O-])cc2)NC(=O)c2ccc(Br)c(C)c2)C(N)=O)ccc1O. The van der Waals surface area contributed by atoms with Gasteiger partial charge in [-0.3, -0.25) is 28.8 Å². The molecule has 0 bridgehead atoms. The van der Waals surface area contributed by atoms with Gasteiger partial charge in [0.05, 0.1) is 13.5 Å². The molecule has 0 aromatic heterocycles. The Labute approximate surface area is 388 Å². The van der Waals surface area contributed by atoms with Crippen molar-refractivity contribution in [2.45, 2.75) is 56.4 Å². The van der Waals surface area contributed by atoms with Gasteiger partial charge in [0.2, 0.25) is 23.6 Å². The van der Waals surface area contributed by atoms with Crippen molar-refractivity contribution < 1.29 is 61.7 Å². The Morgan fingerprint density at radius 1 is 0.844 bits per heavy atom. The molecule has 0 saturated heterocycles. The Hall–Kier alpha value is -5.48. The zero-order chi connectivity index (χ0) is 47.4. The van der Waals surface area contributed by atoms with Crippen LogP contribution in [-0.2, 0) is 42.2 Å². The zero-order valence-electron chi connectivity index (χ0n) is 34.1. The number of halogens is 4. The summed E-state index contributed by atoms with van der Waals surface area (Å²) in [5.74, 6) is -4.73. The third-order valence-electron chi connectivity index (χ3n) is 9.57. The van der Waals surface area contributed by atoms with E-state index in [0.717, 1.165) is 15.7 Å².